The number of halogens is 1. The van der Waals surface area contributed by atoms with Crippen molar-refractivity contribution in [3.05, 3.63) is 45.3 Å². The number of carbonyl (C=O) groups is 2. The lowest BCUT2D eigenvalue weighted by atomic mass is 10.1. The topological polar surface area (TPSA) is 86.1 Å². The highest BCUT2D eigenvalue weighted by molar-refractivity contribution is 7.99. The SMILES string of the molecule is COC(=O)c1c(NC(=O)CSc2nnc(-c3ccccc3Cl)n2C)sc(C)c1C. The van der Waals surface area contributed by atoms with Crippen LogP contribution in [0.4, 0.5) is 5.00 Å². The second-order valence-corrected chi connectivity index (χ2v) is 8.74. The predicted octanol–water partition coefficient (Wildman–Crippen LogP) is 4.33. The maximum Gasteiger partial charge on any atom is 0.341 e. The third-order valence-electron chi connectivity index (χ3n) is 4.31. The number of thiophene rings is 1. The molecule has 2 aromatic heterocycles. The van der Waals surface area contributed by atoms with Crippen LogP contribution in [0, 0.1) is 13.8 Å². The van der Waals surface area contributed by atoms with Gasteiger partial charge in [0.15, 0.2) is 11.0 Å². The molecule has 7 nitrogen and oxygen atoms in total. The number of ether oxygens (including phenoxy) is 1. The molecule has 152 valence electrons. The van der Waals surface area contributed by atoms with Gasteiger partial charge in [-0.05, 0) is 31.5 Å². The largest absolute Gasteiger partial charge is 0.465 e. The molecule has 0 saturated carbocycles. The van der Waals surface area contributed by atoms with Crippen LogP contribution in [-0.4, -0.2) is 39.5 Å². The Morgan fingerprint density at radius 3 is 2.69 bits per heavy atom. The number of thioether (sulfide) groups is 1. The van der Waals surface area contributed by atoms with Gasteiger partial charge in [-0.3, -0.25) is 4.79 Å². The number of hydrogen-bond acceptors (Lipinski definition) is 7. The molecule has 0 aliphatic carbocycles. The van der Waals surface area contributed by atoms with E-state index in [1.807, 2.05) is 39.1 Å². The Hall–Kier alpha value is -2.36. The van der Waals surface area contributed by atoms with Gasteiger partial charge in [-0.25, -0.2) is 4.79 Å². The summed E-state index contributed by atoms with van der Waals surface area (Å²) in [6.07, 6.45) is 0. The van der Waals surface area contributed by atoms with E-state index in [2.05, 4.69) is 15.5 Å². The summed E-state index contributed by atoms with van der Waals surface area (Å²) in [4.78, 5) is 25.4. The Kier molecular flexibility index (Phi) is 6.61. The fraction of sp³-hybridized carbons (Fsp3) is 0.263. The van der Waals surface area contributed by atoms with E-state index in [1.165, 1.54) is 30.2 Å². The quantitative estimate of drug-likeness (QED) is 0.444. The van der Waals surface area contributed by atoms with E-state index in [-0.39, 0.29) is 11.7 Å². The minimum Gasteiger partial charge on any atom is -0.465 e. The molecule has 10 heteroatoms. The molecule has 0 atom stereocenters. The van der Waals surface area contributed by atoms with Gasteiger partial charge < -0.3 is 14.6 Å². The van der Waals surface area contributed by atoms with E-state index in [9.17, 15) is 9.59 Å². The van der Waals surface area contributed by atoms with E-state index in [0.717, 1.165) is 16.0 Å². The van der Waals surface area contributed by atoms with Crippen molar-refractivity contribution in [2.24, 2.45) is 7.05 Å². The van der Waals surface area contributed by atoms with Gasteiger partial charge >= 0.3 is 5.97 Å². The zero-order valence-corrected chi connectivity index (χ0v) is 18.7. The molecule has 29 heavy (non-hydrogen) atoms. The molecule has 1 aromatic carbocycles. The van der Waals surface area contributed by atoms with Crippen molar-refractivity contribution in [2.75, 3.05) is 18.2 Å². The van der Waals surface area contributed by atoms with Crippen molar-refractivity contribution >= 4 is 51.6 Å². The van der Waals surface area contributed by atoms with Crippen molar-refractivity contribution in [2.45, 2.75) is 19.0 Å². The number of methoxy groups -OCH3 is 1. The monoisotopic (exact) mass is 450 g/mol. The van der Waals surface area contributed by atoms with Gasteiger partial charge in [-0.2, -0.15) is 0 Å². The van der Waals surface area contributed by atoms with Gasteiger partial charge in [0.05, 0.1) is 23.4 Å². The number of esters is 1. The van der Waals surface area contributed by atoms with Crippen LogP contribution in [0.25, 0.3) is 11.4 Å². The maximum atomic E-state index is 12.5. The van der Waals surface area contributed by atoms with Crippen LogP contribution in [0.2, 0.25) is 5.02 Å². The van der Waals surface area contributed by atoms with Crippen LogP contribution in [0.15, 0.2) is 29.4 Å². The van der Waals surface area contributed by atoms with Crippen LogP contribution in [0.5, 0.6) is 0 Å². The first kappa shape index (κ1) is 21.4. The third kappa shape index (κ3) is 4.47. The number of rotatable bonds is 6. The molecular formula is C19H19ClN4O3S2. The maximum absolute atomic E-state index is 12.5. The summed E-state index contributed by atoms with van der Waals surface area (Å²) < 4.78 is 6.62. The van der Waals surface area contributed by atoms with Crippen LogP contribution < -0.4 is 5.32 Å². The molecule has 0 fully saturated rings. The number of amides is 1. The summed E-state index contributed by atoms with van der Waals surface area (Å²) in [6, 6.07) is 7.37. The Labute approximate surface area is 181 Å². The molecular weight excluding hydrogens is 432 g/mol. The van der Waals surface area contributed by atoms with Gasteiger partial charge in [-0.1, -0.05) is 35.5 Å². The van der Waals surface area contributed by atoms with Crippen molar-refractivity contribution in [1.29, 1.82) is 0 Å². The minimum atomic E-state index is -0.465. The molecule has 3 aromatic rings. The summed E-state index contributed by atoms with van der Waals surface area (Å²) in [5.74, 6) is 0.0256. The molecule has 1 N–H and O–H groups in total. The molecule has 2 heterocycles. The number of carbonyl (C=O) groups excluding carboxylic acids is 2. The van der Waals surface area contributed by atoms with Gasteiger partial charge in [-0.15, -0.1) is 21.5 Å². The van der Waals surface area contributed by atoms with Crippen molar-refractivity contribution < 1.29 is 14.3 Å². The van der Waals surface area contributed by atoms with Crippen LogP contribution in [0.3, 0.4) is 0 Å². The normalized spacial score (nSPS) is 10.8. The van der Waals surface area contributed by atoms with Crippen molar-refractivity contribution in [3.63, 3.8) is 0 Å². The molecule has 0 spiro atoms. The molecule has 3 rings (SSSR count). The third-order valence-corrected chi connectivity index (χ3v) is 6.78. The highest BCUT2D eigenvalue weighted by Gasteiger charge is 2.22. The van der Waals surface area contributed by atoms with Gasteiger partial charge in [0.2, 0.25) is 5.91 Å². The summed E-state index contributed by atoms with van der Waals surface area (Å²) in [5.41, 5.74) is 1.98. The molecule has 0 aliphatic rings. The Morgan fingerprint density at radius 1 is 1.28 bits per heavy atom. The van der Waals surface area contributed by atoms with E-state index < -0.39 is 5.97 Å². The average molecular weight is 451 g/mol. The Bertz CT molecular complexity index is 1080. The number of aromatic nitrogens is 3. The first-order valence-corrected chi connectivity index (χ1v) is 10.8. The summed E-state index contributed by atoms with van der Waals surface area (Å²) in [5, 5.41) is 12.8. The summed E-state index contributed by atoms with van der Waals surface area (Å²) >= 11 is 8.84. The van der Waals surface area contributed by atoms with E-state index >= 15 is 0 Å². The van der Waals surface area contributed by atoms with E-state index in [0.29, 0.717) is 26.6 Å². The zero-order chi connectivity index (χ0) is 21.1. The van der Waals surface area contributed by atoms with Gasteiger partial charge in [0.25, 0.3) is 0 Å². The second-order valence-electron chi connectivity index (χ2n) is 6.16. The second kappa shape index (κ2) is 8.98. The van der Waals surface area contributed by atoms with Crippen LogP contribution >= 0.6 is 34.7 Å². The number of nitrogens with one attached hydrogen (secondary N) is 1. The van der Waals surface area contributed by atoms with Gasteiger partial charge in [0, 0.05) is 17.5 Å². The summed E-state index contributed by atoms with van der Waals surface area (Å²) in [7, 11) is 3.14. The minimum absolute atomic E-state index is 0.116. The van der Waals surface area contributed by atoms with Crippen LogP contribution in [-0.2, 0) is 16.6 Å². The molecule has 0 aliphatic heterocycles. The first-order valence-electron chi connectivity index (χ1n) is 8.58. The number of anilines is 1. The highest BCUT2D eigenvalue weighted by Crippen LogP contribution is 2.33. The number of nitrogens with zero attached hydrogens (tertiary/aromatic N) is 3. The van der Waals surface area contributed by atoms with Crippen molar-refractivity contribution in [1.82, 2.24) is 14.8 Å². The number of aryl methyl sites for hydroxylation is 1. The van der Waals surface area contributed by atoms with Crippen LogP contribution in [0.1, 0.15) is 20.8 Å². The lowest BCUT2D eigenvalue weighted by molar-refractivity contribution is -0.113. The smallest absolute Gasteiger partial charge is 0.341 e. The molecule has 1 amide bonds. The molecule has 0 unspecified atom stereocenters. The zero-order valence-electron chi connectivity index (χ0n) is 16.3. The van der Waals surface area contributed by atoms with Gasteiger partial charge in [0.1, 0.15) is 5.00 Å². The van der Waals surface area contributed by atoms with E-state index in [4.69, 9.17) is 16.3 Å². The predicted molar refractivity (Wildman–Crippen MR) is 116 cm³/mol. The molecule has 0 radical (unpaired) electrons. The van der Waals surface area contributed by atoms with E-state index in [1.54, 1.807) is 10.6 Å². The lowest BCUT2D eigenvalue weighted by Crippen LogP contribution is -2.16. The molecule has 0 bridgehead atoms. The van der Waals surface area contributed by atoms with Crippen molar-refractivity contribution in [3.8, 4) is 11.4 Å². The fourth-order valence-corrected chi connectivity index (χ4v) is 4.67. The highest BCUT2D eigenvalue weighted by atomic mass is 35.5. The summed E-state index contributed by atoms with van der Waals surface area (Å²) in [6.45, 7) is 3.73. The Morgan fingerprint density at radius 2 is 2.00 bits per heavy atom. The Balaban J connectivity index is 1.71. The number of benzene rings is 1. The molecule has 0 saturated heterocycles. The standard InChI is InChI=1S/C19H19ClN4O3S2/c1-10-11(2)29-17(15(10)18(26)27-4)21-14(25)9-28-19-23-22-16(24(19)3)12-7-5-6-8-13(12)20/h5-8H,9H2,1-4H3,(H,21,25). The lowest BCUT2D eigenvalue weighted by Gasteiger charge is -2.07. The fourth-order valence-electron chi connectivity index (χ4n) is 2.67. The first-order chi connectivity index (χ1) is 13.8. The number of hydrogen-bond donors (Lipinski definition) is 1. The average Bonchev–Trinajstić information content (AvgIpc) is 3.19.